The molecule has 608 valence electrons. The second kappa shape index (κ2) is 35.0. The zero-order chi connectivity index (χ0) is 78.1. The summed E-state index contributed by atoms with van der Waals surface area (Å²) in [5, 5.41) is 73.2. The highest BCUT2D eigenvalue weighted by atomic mass is 16.7. The number of oxime groups is 2. The summed E-state index contributed by atoms with van der Waals surface area (Å²) < 4.78 is 89.7. The van der Waals surface area contributed by atoms with E-state index in [0.29, 0.717) is 85.5 Å². The Morgan fingerprint density at radius 1 is 0.500 bits per heavy atom. The minimum Gasteiger partial charge on any atom is -0.462 e. The molecule has 10 heterocycles. The molecule has 0 aromatic heterocycles. The number of allylic oxidation sites excluding steroid dienone is 4. The van der Waals surface area contributed by atoms with Gasteiger partial charge in [0.2, 0.25) is 0 Å². The van der Waals surface area contributed by atoms with E-state index in [1.807, 2.05) is 64.2 Å². The van der Waals surface area contributed by atoms with Gasteiger partial charge in [0.25, 0.3) is 0 Å². The Bertz CT molecular complexity index is 3420. The molecule has 0 radical (unpaired) electrons. The van der Waals surface area contributed by atoms with Crippen LogP contribution >= 0.6 is 0 Å². The van der Waals surface area contributed by atoms with Crippen LogP contribution in [0.5, 0.6) is 0 Å². The van der Waals surface area contributed by atoms with Crippen LogP contribution < -0.4 is 0 Å². The summed E-state index contributed by atoms with van der Waals surface area (Å²) in [6, 6.07) is 0. The van der Waals surface area contributed by atoms with Gasteiger partial charge in [0.15, 0.2) is 24.2 Å². The summed E-state index contributed by atoms with van der Waals surface area (Å²) in [7, 11) is 3.16. The fraction of sp³-hybridized carbons (Fsp3) is 0.721. The lowest BCUT2D eigenvalue weighted by Crippen LogP contribution is -2.57. The van der Waals surface area contributed by atoms with Crippen LogP contribution in [0.3, 0.4) is 0 Å². The maximum atomic E-state index is 14.4. The van der Waals surface area contributed by atoms with Gasteiger partial charge in [-0.3, -0.25) is 9.59 Å². The highest BCUT2D eigenvalue weighted by Gasteiger charge is 2.62. The number of aliphatic hydroxyl groups excluding tert-OH is 2. The summed E-state index contributed by atoms with van der Waals surface area (Å²) in [5.74, 6) is -4.59. The second-order valence-electron chi connectivity index (χ2n) is 34.1. The predicted octanol–water partition coefficient (Wildman–Crippen LogP) is 11.7. The van der Waals surface area contributed by atoms with E-state index in [1.165, 1.54) is 38.5 Å². The molecule has 8 fully saturated rings. The zero-order valence-electron chi connectivity index (χ0n) is 66.3. The highest BCUT2D eigenvalue weighted by Crippen LogP contribution is 2.51. The van der Waals surface area contributed by atoms with Crippen molar-refractivity contribution in [2.75, 3.05) is 27.4 Å². The smallest absolute Gasteiger partial charge is 0.316 e. The van der Waals surface area contributed by atoms with Crippen molar-refractivity contribution in [2.24, 2.45) is 57.7 Å². The van der Waals surface area contributed by atoms with Crippen molar-refractivity contribution in [3.63, 3.8) is 0 Å². The van der Waals surface area contributed by atoms with E-state index in [4.69, 9.17) is 66.3 Å². The Labute approximate surface area is 648 Å². The van der Waals surface area contributed by atoms with Crippen LogP contribution in [0.2, 0.25) is 0 Å². The highest BCUT2D eigenvalue weighted by molar-refractivity contribution is 6.07. The molecule has 24 heteroatoms. The lowest BCUT2D eigenvalue weighted by molar-refractivity contribution is -0.302. The van der Waals surface area contributed by atoms with E-state index in [9.17, 15) is 40.4 Å². The maximum absolute atomic E-state index is 14.4. The number of aliphatic hydroxyl groups is 4. The van der Waals surface area contributed by atoms with E-state index in [1.54, 1.807) is 52.4 Å². The van der Waals surface area contributed by atoms with E-state index < -0.39 is 132 Å². The molecule has 4 bridgehead atoms. The monoisotopic (exact) mass is 1530 g/mol. The van der Waals surface area contributed by atoms with Crippen molar-refractivity contribution in [3.05, 3.63) is 119 Å². The summed E-state index contributed by atoms with van der Waals surface area (Å²) in [5.41, 5.74) is 0.597. The summed E-state index contributed by atoms with van der Waals surface area (Å²) in [6.45, 7) is 19.7. The molecule has 28 atom stereocenters. The quantitative estimate of drug-likeness (QED) is 0.0569. The van der Waals surface area contributed by atoms with E-state index >= 15 is 0 Å². The molecule has 6 saturated heterocycles. The summed E-state index contributed by atoms with van der Waals surface area (Å²) in [6.07, 6.45) is 32.7. The number of esters is 2. The number of carbonyl (C=O) groups excluding carboxylic acids is 2. The van der Waals surface area contributed by atoms with Gasteiger partial charge in [0, 0.05) is 76.4 Å². The predicted molar refractivity (Wildman–Crippen MR) is 406 cm³/mol. The Morgan fingerprint density at radius 2 is 0.891 bits per heavy atom. The van der Waals surface area contributed by atoms with Gasteiger partial charge >= 0.3 is 11.9 Å². The van der Waals surface area contributed by atoms with Crippen molar-refractivity contribution < 1.29 is 107 Å². The molecule has 0 unspecified atom stereocenters. The van der Waals surface area contributed by atoms with Gasteiger partial charge in [0.1, 0.15) is 71.1 Å². The summed E-state index contributed by atoms with van der Waals surface area (Å²) in [4.78, 5) is 28.7. The van der Waals surface area contributed by atoms with Gasteiger partial charge in [-0.1, -0.05) is 149 Å². The molecule has 0 aromatic carbocycles. The topological polar surface area (TPSA) is 309 Å². The SMILES string of the molecule is CO[C@H]1C[C@H](O[C@@H]2C(C)=CC[C@@H]3C[C@@H](C[C@]4(C=C[C@H](C)[C@@H](C5CCCCC5)O4)O3)OC(=O)[C@@H]3C=C(C)/C(=N/O)[C@H]4OCC(=CC=C[C@@H]2C)[C@]43O)O[C@@H](C)[C@@H]1O.CO[C@H]1C[C@H](O[C@@H]2C(C)=CC[C@@H]3C[C@@H](C[C@]4(C=C[C@H](C)[C@@H](C5CCCCC5)O4)O3)OC(=O)[C@@H]3C=C(C)/C(=N\O)[C@H]4OCC(=CC=C[C@@H]2C)[C@]43O)O[C@@H](C)[C@@H]1O. The zero-order valence-corrected chi connectivity index (χ0v) is 66.3. The van der Waals surface area contributed by atoms with Crippen molar-refractivity contribution in [1.82, 2.24) is 0 Å². The van der Waals surface area contributed by atoms with Crippen LogP contribution in [0, 0.1) is 47.3 Å². The minimum atomic E-state index is -1.85. The first kappa shape index (κ1) is 82.6. The number of methoxy groups -OCH3 is 2. The van der Waals surface area contributed by atoms with Crippen LogP contribution in [0.15, 0.2) is 129 Å². The lowest BCUT2D eigenvalue weighted by Gasteiger charge is -2.49. The summed E-state index contributed by atoms with van der Waals surface area (Å²) >= 11 is 0. The van der Waals surface area contributed by atoms with Crippen molar-refractivity contribution in [1.29, 1.82) is 0 Å². The third-order valence-electron chi connectivity index (χ3n) is 26.3. The third kappa shape index (κ3) is 17.2. The number of nitrogens with zero attached hydrogens (tertiary/aromatic N) is 2. The number of fused-ring (bicyclic) bond motifs is 4. The molecule has 14 rings (SSSR count). The molecule has 14 aliphatic rings. The van der Waals surface area contributed by atoms with Crippen LogP contribution in [-0.2, 0) is 75.9 Å². The normalized spacial score (nSPS) is 45.1. The first-order valence-corrected chi connectivity index (χ1v) is 40.8. The molecule has 110 heavy (non-hydrogen) atoms. The lowest BCUT2D eigenvalue weighted by atomic mass is 9.71. The molecule has 10 aliphatic heterocycles. The average molecular weight is 1540 g/mol. The van der Waals surface area contributed by atoms with Crippen LogP contribution in [0.25, 0.3) is 0 Å². The van der Waals surface area contributed by atoms with E-state index in [2.05, 4.69) is 62.3 Å². The van der Waals surface area contributed by atoms with Crippen molar-refractivity contribution >= 4 is 23.4 Å². The second-order valence-corrected chi connectivity index (χ2v) is 34.1. The van der Waals surface area contributed by atoms with Gasteiger partial charge in [-0.15, -0.1) is 0 Å². The van der Waals surface area contributed by atoms with E-state index in [-0.39, 0.29) is 72.7 Å². The molecule has 2 saturated carbocycles. The van der Waals surface area contributed by atoms with Gasteiger partial charge in [-0.25, -0.2) is 0 Å². The van der Waals surface area contributed by atoms with Gasteiger partial charge in [-0.05, 0) is 137 Å². The van der Waals surface area contributed by atoms with Gasteiger partial charge in [-0.2, -0.15) is 0 Å². The number of rotatable bonds is 8. The maximum Gasteiger partial charge on any atom is 0.316 e. The fourth-order valence-electron chi connectivity index (χ4n) is 20.0. The first-order chi connectivity index (χ1) is 52.7. The standard InChI is InChI=1S/2C43H61NO11/c2*1-24-11-10-14-30-23-50-40-36(44-48)27(4)19-33(43(30,40)47)41(46)52-32-20-31(16-15-25(2)38(24)53-35-21-34(49-6)37(45)28(5)51-35)54-42(22-32)18-17-26(3)39(55-42)29-12-8-7-9-13-29/h2*10-11,14-15,17-19,24,26,28-29,31-35,37-40,45,47-48H,7-9,12-13,16,20-23H2,1-6H3/b11-10?,25-15?,30-14?,44-36+;11-10?,25-15?,30-14?,44-36-/t2*24-,26-,28-,31+,32-,33-,34-,35-,37-,38-,39-,40+,42+,43+/m00/s1. The number of hydrogen-bond acceptors (Lipinski definition) is 24. The van der Waals surface area contributed by atoms with Crippen LogP contribution in [0.1, 0.15) is 185 Å². The molecule has 6 N–H and O–H groups in total. The average Bonchev–Trinajstić information content (AvgIpc) is 1.55. The third-order valence-corrected chi connectivity index (χ3v) is 26.3. The molecule has 0 amide bonds. The Morgan fingerprint density at radius 3 is 1.26 bits per heavy atom. The largest absolute Gasteiger partial charge is 0.462 e. The van der Waals surface area contributed by atoms with Gasteiger partial charge in [0.05, 0.1) is 74.3 Å². The molecule has 24 nitrogen and oxygen atoms in total. The first-order valence-electron chi connectivity index (χ1n) is 40.8. The van der Waals surface area contributed by atoms with E-state index in [0.717, 1.165) is 36.8 Å². The number of carbonyl (C=O) groups is 2. The van der Waals surface area contributed by atoms with Crippen molar-refractivity contribution in [3.8, 4) is 0 Å². The Hall–Kier alpha value is -5.36. The minimum absolute atomic E-state index is 0.0156. The van der Waals surface area contributed by atoms with Gasteiger partial charge < -0.3 is 97.2 Å². The molecule has 2 spiro atoms. The molecular formula is C86H122N2O22. The van der Waals surface area contributed by atoms with Crippen LogP contribution in [-0.4, -0.2) is 215 Å². The molecule has 0 aromatic rings. The number of ether oxygens (including phenoxy) is 14. The van der Waals surface area contributed by atoms with Crippen molar-refractivity contribution in [2.45, 2.75) is 318 Å². The molecule has 4 aliphatic carbocycles. The number of hydrogen-bond donors (Lipinski definition) is 6. The molecular weight excluding hydrogens is 1410 g/mol. The van der Waals surface area contributed by atoms with Crippen LogP contribution in [0.4, 0.5) is 0 Å². The fourth-order valence-corrected chi connectivity index (χ4v) is 20.0. The Kier molecular flexibility index (Phi) is 26.3. The Balaban J connectivity index is 0.000000193.